The summed E-state index contributed by atoms with van der Waals surface area (Å²) >= 11 is 0. The van der Waals surface area contributed by atoms with Crippen molar-refractivity contribution in [3.05, 3.63) is 17.2 Å². The molecule has 0 amide bonds. The van der Waals surface area contributed by atoms with Crippen molar-refractivity contribution in [2.45, 2.75) is 110 Å². The van der Waals surface area contributed by atoms with Gasteiger partial charge in [0.05, 0.1) is 0 Å². The van der Waals surface area contributed by atoms with Gasteiger partial charge in [0.25, 0.3) is 0 Å². The minimum atomic E-state index is -0.194. The average molecular weight is 389 g/mol. The molecule has 1 aromatic carbocycles. The summed E-state index contributed by atoms with van der Waals surface area (Å²) in [4.78, 5) is 0. The van der Waals surface area contributed by atoms with E-state index in [9.17, 15) is 15.3 Å². The molecule has 2 aliphatic carbocycles. The van der Waals surface area contributed by atoms with Gasteiger partial charge in [-0.3, -0.25) is 0 Å². The Kier molecular flexibility index (Phi) is 6.83. The third kappa shape index (κ3) is 5.58. The first-order valence-corrected chi connectivity index (χ1v) is 11.6. The summed E-state index contributed by atoms with van der Waals surface area (Å²) < 4.78 is 0. The fourth-order valence-electron chi connectivity index (χ4n) is 4.71. The Labute approximate surface area is 171 Å². The van der Waals surface area contributed by atoms with Crippen molar-refractivity contribution in [2.75, 3.05) is 0 Å². The summed E-state index contributed by atoms with van der Waals surface area (Å²) in [5, 5.41) is 30.7. The van der Waals surface area contributed by atoms with E-state index >= 15 is 0 Å². The lowest BCUT2D eigenvalue weighted by atomic mass is 9.92. The quantitative estimate of drug-likeness (QED) is 0.194. The summed E-state index contributed by atoms with van der Waals surface area (Å²) in [5.41, 5.74) is 2.87. The van der Waals surface area contributed by atoms with Crippen molar-refractivity contribution in [1.82, 2.24) is 0 Å². The Balaban J connectivity index is 1.48. The maximum Gasteiger partial charge on any atom is 0.161 e. The SMILES string of the molecule is CCC1(CCCCCc2c(O)cc(O)c(O)c2CCCCCC2(C)CC2)CC1. The Morgan fingerprint density at radius 3 is 1.93 bits per heavy atom. The third-order valence-electron chi connectivity index (χ3n) is 7.63. The molecule has 0 spiro atoms. The van der Waals surface area contributed by atoms with Gasteiger partial charge in [-0.2, -0.15) is 0 Å². The van der Waals surface area contributed by atoms with Gasteiger partial charge in [-0.15, -0.1) is 0 Å². The van der Waals surface area contributed by atoms with Crippen molar-refractivity contribution >= 4 is 0 Å². The van der Waals surface area contributed by atoms with Crippen LogP contribution in [0.15, 0.2) is 6.07 Å². The van der Waals surface area contributed by atoms with E-state index in [1.165, 1.54) is 70.3 Å². The summed E-state index contributed by atoms with van der Waals surface area (Å²) in [5.74, 6) is -0.0757. The van der Waals surface area contributed by atoms with E-state index in [4.69, 9.17) is 0 Å². The molecule has 0 unspecified atom stereocenters. The number of benzene rings is 1. The van der Waals surface area contributed by atoms with Gasteiger partial charge < -0.3 is 15.3 Å². The van der Waals surface area contributed by atoms with E-state index in [1.807, 2.05) is 0 Å². The molecule has 2 saturated carbocycles. The number of phenols is 3. The molecular weight excluding hydrogens is 348 g/mol. The van der Waals surface area contributed by atoms with E-state index in [1.54, 1.807) is 0 Å². The molecule has 2 aliphatic rings. The molecule has 28 heavy (non-hydrogen) atoms. The topological polar surface area (TPSA) is 60.7 Å². The second kappa shape index (κ2) is 8.97. The Hall–Kier alpha value is -1.38. The van der Waals surface area contributed by atoms with Crippen LogP contribution in [0.1, 0.15) is 108 Å². The van der Waals surface area contributed by atoms with Crippen LogP contribution in [0.5, 0.6) is 17.2 Å². The number of hydrogen-bond acceptors (Lipinski definition) is 3. The Bertz CT molecular complexity index is 656. The minimum Gasteiger partial charge on any atom is -0.508 e. The van der Waals surface area contributed by atoms with Crippen LogP contribution in [0.25, 0.3) is 0 Å². The monoisotopic (exact) mass is 388 g/mol. The van der Waals surface area contributed by atoms with E-state index in [0.29, 0.717) is 10.8 Å². The highest BCUT2D eigenvalue weighted by Crippen LogP contribution is 2.52. The molecule has 1 aromatic rings. The molecule has 158 valence electrons. The van der Waals surface area contributed by atoms with Crippen LogP contribution in [0.3, 0.4) is 0 Å². The zero-order valence-corrected chi connectivity index (χ0v) is 18.0. The van der Waals surface area contributed by atoms with Crippen molar-refractivity contribution in [3.63, 3.8) is 0 Å². The molecule has 0 aliphatic heterocycles. The van der Waals surface area contributed by atoms with Gasteiger partial charge >= 0.3 is 0 Å². The van der Waals surface area contributed by atoms with Gasteiger partial charge in [-0.05, 0) is 75.0 Å². The highest BCUT2D eigenvalue weighted by atomic mass is 16.3. The summed E-state index contributed by atoms with van der Waals surface area (Å²) in [6.45, 7) is 4.68. The molecule has 3 rings (SSSR count). The second-order valence-corrected chi connectivity index (χ2v) is 10.0. The van der Waals surface area contributed by atoms with Crippen LogP contribution >= 0.6 is 0 Å². The van der Waals surface area contributed by atoms with Gasteiger partial charge in [0.1, 0.15) is 5.75 Å². The molecule has 3 nitrogen and oxygen atoms in total. The first-order chi connectivity index (χ1) is 13.4. The lowest BCUT2D eigenvalue weighted by Gasteiger charge is -2.16. The van der Waals surface area contributed by atoms with E-state index in [2.05, 4.69) is 13.8 Å². The van der Waals surface area contributed by atoms with E-state index in [-0.39, 0.29) is 17.2 Å². The number of hydrogen-bond donors (Lipinski definition) is 3. The van der Waals surface area contributed by atoms with Crippen LogP contribution in [-0.2, 0) is 12.8 Å². The first-order valence-electron chi connectivity index (χ1n) is 11.6. The molecule has 0 aromatic heterocycles. The standard InChI is InChI=1S/C25H40O3/c1-3-25(16-17-25)13-9-5-6-10-19-20(23(28)22(27)18-21(19)26)11-7-4-8-12-24(2)14-15-24/h18,26-28H,3-17H2,1-2H3. The van der Waals surface area contributed by atoms with Crippen molar-refractivity contribution in [1.29, 1.82) is 0 Å². The van der Waals surface area contributed by atoms with Crippen molar-refractivity contribution in [2.24, 2.45) is 10.8 Å². The maximum atomic E-state index is 10.4. The van der Waals surface area contributed by atoms with Gasteiger partial charge in [-0.1, -0.05) is 46.0 Å². The molecule has 0 heterocycles. The summed E-state index contributed by atoms with van der Waals surface area (Å²) in [6.07, 6.45) is 17.8. The first kappa shape index (κ1) is 21.3. The van der Waals surface area contributed by atoms with Crippen molar-refractivity contribution < 1.29 is 15.3 Å². The Morgan fingerprint density at radius 2 is 1.36 bits per heavy atom. The minimum absolute atomic E-state index is 0.0233. The largest absolute Gasteiger partial charge is 0.508 e. The van der Waals surface area contributed by atoms with E-state index < -0.39 is 0 Å². The summed E-state index contributed by atoms with van der Waals surface area (Å²) in [7, 11) is 0. The van der Waals surface area contributed by atoms with Crippen LogP contribution in [0, 0.1) is 10.8 Å². The zero-order chi connectivity index (χ0) is 20.2. The van der Waals surface area contributed by atoms with Crippen LogP contribution in [-0.4, -0.2) is 15.3 Å². The lowest BCUT2D eigenvalue weighted by Crippen LogP contribution is -2.00. The number of rotatable bonds is 13. The second-order valence-electron chi connectivity index (χ2n) is 10.0. The molecule has 3 N–H and O–H groups in total. The zero-order valence-electron chi connectivity index (χ0n) is 18.0. The van der Waals surface area contributed by atoms with Crippen LogP contribution in [0.2, 0.25) is 0 Å². The fourth-order valence-corrected chi connectivity index (χ4v) is 4.71. The fraction of sp³-hybridized carbons (Fsp3) is 0.760. The Morgan fingerprint density at radius 1 is 0.750 bits per heavy atom. The van der Waals surface area contributed by atoms with Gasteiger partial charge in [0.15, 0.2) is 11.5 Å². The molecule has 0 bridgehead atoms. The van der Waals surface area contributed by atoms with Crippen LogP contribution < -0.4 is 0 Å². The normalized spacial score (nSPS) is 18.9. The predicted molar refractivity (Wildman–Crippen MR) is 115 cm³/mol. The maximum absolute atomic E-state index is 10.4. The van der Waals surface area contributed by atoms with Gasteiger partial charge in [0.2, 0.25) is 0 Å². The smallest absolute Gasteiger partial charge is 0.161 e. The average Bonchev–Trinajstić information content (AvgIpc) is 3.59. The van der Waals surface area contributed by atoms with Gasteiger partial charge in [-0.25, -0.2) is 0 Å². The highest BCUT2D eigenvalue weighted by molar-refractivity contribution is 5.55. The highest BCUT2D eigenvalue weighted by Gasteiger charge is 2.39. The number of unbranched alkanes of at least 4 members (excludes halogenated alkanes) is 4. The molecule has 0 radical (unpaired) electrons. The third-order valence-corrected chi connectivity index (χ3v) is 7.63. The summed E-state index contributed by atoms with van der Waals surface area (Å²) in [6, 6.07) is 1.30. The molecule has 0 atom stereocenters. The number of aromatic hydroxyl groups is 3. The van der Waals surface area contributed by atoms with Crippen LogP contribution in [0.4, 0.5) is 0 Å². The van der Waals surface area contributed by atoms with Crippen molar-refractivity contribution in [3.8, 4) is 17.2 Å². The molecule has 2 fully saturated rings. The molecule has 0 saturated heterocycles. The molecular formula is C25H40O3. The van der Waals surface area contributed by atoms with E-state index in [0.717, 1.165) is 43.2 Å². The molecule has 3 heteroatoms. The number of phenolic OH excluding ortho intramolecular Hbond substituents is 3. The lowest BCUT2D eigenvalue weighted by molar-refractivity contribution is 0.387. The predicted octanol–water partition coefficient (Wildman–Crippen LogP) is 7.00. The van der Waals surface area contributed by atoms with Gasteiger partial charge in [0, 0.05) is 17.2 Å².